The lowest BCUT2D eigenvalue weighted by Crippen LogP contribution is -2.47. The van der Waals surface area contributed by atoms with E-state index in [1.54, 1.807) is 18.2 Å². The first-order chi connectivity index (χ1) is 25.9. The van der Waals surface area contributed by atoms with E-state index in [4.69, 9.17) is 4.74 Å². The molecule has 2 aliphatic heterocycles. The van der Waals surface area contributed by atoms with Crippen LogP contribution in [-0.2, 0) is 16.1 Å². The van der Waals surface area contributed by atoms with Crippen LogP contribution in [0.1, 0.15) is 48.8 Å². The van der Waals surface area contributed by atoms with Gasteiger partial charge in [-0.25, -0.2) is 0 Å². The molecule has 4 aromatic carbocycles. The van der Waals surface area contributed by atoms with Gasteiger partial charge in [-0.2, -0.15) is 0 Å². The Bertz CT molecular complexity index is 1920. The largest absolute Gasteiger partial charge is 0.508 e. The molecule has 2 heterocycles. The highest BCUT2D eigenvalue weighted by atomic mass is 16.5. The van der Waals surface area contributed by atoms with Crippen molar-refractivity contribution in [3.8, 4) is 11.5 Å². The number of likely N-dealkylation sites (tertiary alicyclic amines) is 2. The summed E-state index contributed by atoms with van der Waals surface area (Å²) in [5.74, 6) is -1.64. The number of hydrogen-bond donors (Lipinski definition) is 3. The minimum Gasteiger partial charge on any atom is -0.508 e. The molecule has 4 atom stereocenters. The van der Waals surface area contributed by atoms with Crippen molar-refractivity contribution in [1.29, 1.82) is 0 Å². The van der Waals surface area contributed by atoms with Crippen LogP contribution in [0.2, 0.25) is 0 Å². The molecule has 0 radical (unpaired) electrons. The standard InChI is InChI=1S/C45H48N2O6/c48-29-40-42(41(50)20-19-34(33-14-6-2-7-15-33)25-32-13-10-16-37(49)26-32)35(30-53-38-17-8-3-9-18-38)27-39-43(40)45(52)47(44(39)51)36-21-23-46(24-22-36)28-31-11-4-1-5-12-31/h1-18,25-26,36,39-41,43,48-50H,19-24,27-30H2/b34-25-/t39-,40+,41-,43-/m1/s1. The third-order valence-corrected chi connectivity index (χ3v) is 11.1. The molecule has 274 valence electrons. The summed E-state index contributed by atoms with van der Waals surface area (Å²) in [6.45, 7) is 2.18. The maximum absolute atomic E-state index is 14.3. The molecule has 2 amide bonds. The van der Waals surface area contributed by atoms with Gasteiger partial charge in [0.2, 0.25) is 11.8 Å². The Hall–Kier alpha value is -5.02. The van der Waals surface area contributed by atoms with Crippen LogP contribution in [-0.4, -0.2) is 75.4 Å². The summed E-state index contributed by atoms with van der Waals surface area (Å²) in [6.07, 6.45) is 3.53. The molecule has 1 aliphatic carbocycles. The van der Waals surface area contributed by atoms with Crippen LogP contribution in [0.5, 0.6) is 11.5 Å². The molecule has 7 rings (SSSR count). The van der Waals surface area contributed by atoms with Gasteiger partial charge in [-0.1, -0.05) is 97.1 Å². The Labute approximate surface area is 311 Å². The maximum Gasteiger partial charge on any atom is 0.234 e. The average molecular weight is 713 g/mol. The van der Waals surface area contributed by atoms with Crippen molar-refractivity contribution in [2.45, 2.75) is 50.8 Å². The number of aromatic hydroxyl groups is 1. The van der Waals surface area contributed by atoms with Crippen molar-refractivity contribution in [1.82, 2.24) is 9.80 Å². The van der Waals surface area contributed by atoms with Gasteiger partial charge < -0.3 is 20.1 Å². The van der Waals surface area contributed by atoms with Gasteiger partial charge in [0.25, 0.3) is 0 Å². The predicted molar refractivity (Wildman–Crippen MR) is 205 cm³/mol. The zero-order valence-corrected chi connectivity index (χ0v) is 30.0. The quantitative estimate of drug-likeness (QED) is 0.0802. The molecule has 0 aromatic heterocycles. The number of rotatable bonds is 13. The first-order valence-electron chi connectivity index (χ1n) is 18.8. The summed E-state index contributed by atoms with van der Waals surface area (Å²) < 4.78 is 6.22. The summed E-state index contributed by atoms with van der Waals surface area (Å²) in [7, 11) is 0. The fourth-order valence-corrected chi connectivity index (χ4v) is 8.56. The number of amides is 2. The summed E-state index contributed by atoms with van der Waals surface area (Å²) in [5, 5.41) is 33.2. The highest BCUT2D eigenvalue weighted by molar-refractivity contribution is 6.06. The lowest BCUT2D eigenvalue weighted by Gasteiger charge is -2.37. The summed E-state index contributed by atoms with van der Waals surface area (Å²) in [4.78, 5) is 32.4. The number of ether oxygens (including phenoxy) is 1. The first-order valence-corrected chi connectivity index (χ1v) is 18.8. The number of phenolic OH excluding ortho intramolecular Hbond substituents is 1. The Kier molecular flexibility index (Phi) is 11.5. The molecule has 0 spiro atoms. The molecule has 2 saturated heterocycles. The van der Waals surface area contributed by atoms with E-state index in [1.165, 1.54) is 10.5 Å². The molecule has 0 saturated carbocycles. The molecular formula is C45H48N2O6. The SMILES string of the molecule is O=C1[C@@H]2[C@@H](CC(COc3ccccc3)=C([C@H](O)CC/C(=C/c3cccc(O)c3)c3ccccc3)[C@@H]2CO)C(=O)N1C1CCN(Cc2ccccc2)CC1. The second-order valence-corrected chi connectivity index (χ2v) is 14.5. The number of benzene rings is 4. The van der Waals surface area contributed by atoms with Crippen LogP contribution in [0, 0.1) is 17.8 Å². The topological polar surface area (TPSA) is 111 Å². The van der Waals surface area contributed by atoms with E-state index in [2.05, 4.69) is 17.0 Å². The summed E-state index contributed by atoms with van der Waals surface area (Å²) >= 11 is 0. The Morgan fingerprint density at radius 3 is 2.21 bits per heavy atom. The van der Waals surface area contributed by atoms with E-state index in [-0.39, 0.29) is 36.8 Å². The number of phenols is 1. The number of hydrogen-bond acceptors (Lipinski definition) is 7. The molecule has 3 aliphatic rings. The van der Waals surface area contributed by atoms with Crippen molar-refractivity contribution in [2.24, 2.45) is 17.8 Å². The van der Waals surface area contributed by atoms with Crippen molar-refractivity contribution in [2.75, 3.05) is 26.3 Å². The van der Waals surface area contributed by atoms with E-state index in [1.807, 2.05) is 91.0 Å². The van der Waals surface area contributed by atoms with E-state index < -0.39 is 23.9 Å². The van der Waals surface area contributed by atoms with Crippen LogP contribution < -0.4 is 4.74 Å². The molecule has 8 heteroatoms. The number of carbonyl (C=O) groups is 2. The van der Waals surface area contributed by atoms with Gasteiger partial charge in [0.1, 0.15) is 18.1 Å². The number of carbonyl (C=O) groups excluding carboxylic acids is 2. The van der Waals surface area contributed by atoms with Gasteiger partial charge in [0.05, 0.1) is 24.5 Å². The Balaban J connectivity index is 1.13. The number of fused-ring (bicyclic) bond motifs is 1. The zero-order chi connectivity index (χ0) is 36.7. The Morgan fingerprint density at radius 1 is 0.849 bits per heavy atom. The van der Waals surface area contributed by atoms with E-state index in [0.29, 0.717) is 43.4 Å². The monoisotopic (exact) mass is 712 g/mol. The number of nitrogens with zero attached hydrogens (tertiary/aromatic N) is 2. The van der Waals surface area contributed by atoms with E-state index >= 15 is 0 Å². The lowest BCUT2D eigenvalue weighted by molar-refractivity contribution is -0.144. The van der Waals surface area contributed by atoms with Crippen molar-refractivity contribution in [3.63, 3.8) is 0 Å². The molecule has 8 nitrogen and oxygen atoms in total. The molecule has 0 unspecified atom stereocenters. The first kappa shape index (κ1) is 36.3. The van der Waals surface area contributed by atoms with E-state index in [9.17, 15) is 24.9 Å². The van der Waals surface area contributed by atoms with Gasteiger partial charge in [0.15, 0.2) is 0 Å². The minimum absolute atomic E-state index is 0.139. The van der Waals surface area contributed by atoms with Gasteiger partial charge in [-0.15, -0.1) is 0 Å². The number of imide groups is 1. The molecule has 4 aromatic rings. The number of aliphatic hydroxyl groups excluding tert-OH is 2. The molecule has 3 N–H and O–H groups in total. The normalized spacial score (nSPS) is 21.9. The van der Waals surface area contributed by atoms with Gasteiger partial charge in [-0.05, 0) is 89.8 Å². The molecule has 2 fully saturated rings. The van der Waals surface area contributed by atoms with Crippen LogP contribution in [0.4, 0.5) is 0 Å². The van der Waals surface area contributed by atoms with Crippen LogP contribution in [0.3, 0.4) is 0 Å². The van der Waals surface area contributed by atoms with Gasteiger partial charge in [-0.3, -0.25) is 19.4 Å². The number of allylic oxidation sites excluding steroid dienone is 1. The second-order valence-electron chi connectivity index (χ2n) is 14.5. The van der Waals surface area contributed by atoms with Gasteiger partial charge in [0, 0.05) is 31.6 Å². The highest BCUT2D eigenvalue weighted by Gasteiger charge is 2.56. The van der Waals surface area contributed by atoms with Crippen LogP contribution in [0.25, 0.3) is 11.6 Å². The third kappa shape index (κ3) is 8.31. The third-order valence-electron chi connectivity index (χ3n) is 11.1. The second kappa shape index (κ2) is 16.8. The van der Waals surface area contributed by atoms with Crippen LogP contribution >= 0.6 is 0 Å². The fourth-order valence-electron chi connectivity index (χ4n) is 8.56. The number of para-hydroxylation sites is 1. The molecular weight excluding hydrogens is 665 g/mol. The minimum atomic E-state index is -0.989. The summed E-state index contributed by atoms with van der Waals surface area (Å²) in [6, 6.07) is 36.5. The number of piperidine rings is 1. The predicted octanol–water partition coefficient (Wildman–Crippen LogP) is 6.73. The zero-order valence-electron chi connectivity index (χ0n) is 30.0. The maximum atomic E-state index is 14.3. The number of aliphatic hydroxyl groups is 2. The summed E-state index contributed by atoms with van der Waals surface area (Å²) in [5.41, 5.74) is 5.42. The smallest absolute Gasteiger partial charge is 0.234 e. The van der Waals surface area contributed by atoms with E-state index in [0.717, 1.165) is 41.9 Å². The van der Waals surface area contributed by atoms with Gasteiger partial charge >= 0.3 is 0 Å². The van der Waals surface area contributed by atoms with Crippen molar-refractivity contribution < 1.29 is 29.6 Å². The molecule has 53 heavy (non-hydrogen) atoms. The average Bonchev–Trinajstić information content (AvgIpc) is 3.44. The van der Waals surface area contributed by atoms with Crippen molar-refractivity contribution >= 4 is 23.5 Å². The molecule has 0 bridgehead atoms. The highest BCUT2D eigenvalue weighted by Crippen LogP contribution is 2.47. The fraction of sp³-hybridized carbons (Fsp3) is 0.333. The lowest BCUT2D eigenvalue weighted by atomic mass is 9.68. The Morgan fingerprint density at radius 2 is 1.53 bits per heavy atom. The van der Waals surface area contributed by atoms with Crippen LogP contribution in [0.15, 0.2) is 126 Å². The van der Waals surface area contributed by atoms with Crippen molar-refractivity contribution in [3.05, 3.63) is 143 Å².